The molecule has 33 heavy (non-hydrogen) atoms. The Morgan fingerprint density at radius 3 is 2.61 bits per heavy atom. The average molecular weight is 463 g/mol. The molecule has 0 fully saturated rings. The minimum absolute atomic E-state index is 0.178. The summed E-state index contributed by atoms with van der Waals surface area (Å²) in [5.41, 5.74) is 1.76. The highest BCUT2D eigenvalue weighted by atomic mass is 32.1. The zero-order valence-electron chi connectivity index (χ0n) is 17.6. The molecule has 2 heterocycles. The van der Waals surface area contributed by atoms with Gasteiger partial charge in [0.15, 0.2) is 0 Å². The van der Waals surface area contributed by atoms with Crippen molar-refractivity contribution in [2.45, 2.75) is 6.92 Å². The Kier molecular flexibility index (Phi) is 6.75. The summed E-state index contributed by atoms with van der Waals surface area (Å²) in [7, 11) is 0. The number of ether oxygens (including phenoxy) is 2. The highest BCUT2D eigenvalue weighted by Gasteiger charge is 2.23. The smallest absolute Gasteiger partial charge is 0.341 e. The number of hydrogen-bond acceptors (Lipinski definition) is 6. The molecule has 6 nitrogen and oxygen atoms in total. The molecule has 8 heteroatoms. The molecule has 0 unspecified atom stereocenters. The Bertz CT molecular complexity index is 1270. The van der Waals surface area contributed by atoms with Crippen LogP contribution in [-0.2, 0) is 4.74 Å². The third-order valence-corrected chi connectivity index (χ3v) is 5.50. The van der Waals surface area contributed by atoms with Crippen LogP contribution in [0.5, 0.6) is 11.6 Å². The lowest BCUT2D eigenvalue weighted by Crippen LogP contribution is -2.14. The zero-order chi connectivity index (χ0) is 23.2. The molecule has 0 aliphatic carbocycles. The van der Waals surface area contributed by atoms with Crippen molar-refractivity contribution in [3.05, 3.63) is 95.3 Å². The van der Waals surface area contributed by atoms with E-state index in [1.54, 1.807) is 73.1 Å². The van der Waals surface area contributed by atoms with E-state index in [2.05, 4.69) is 10.3 Å². The fourth-order valence-corrected chi connectivity index (χ4v) is 4.05. The van der Waals surface area contributed by atoms with E-state index in [4.69, 9.17) is 9.47 Å². The number of halogens is 1. The molecule has 2 aromatic carbocycles. The monoisotopic (exact) mass is 462 g/mol. The molecule has 0 spiro atoms. The number of carbonyl (C=O) groups excluding carboxylic acids is 2. The van der Waals surface area contributed by atoms with E-state index in [1.165, 1.54) is 23.5 Å². The third-order valence-electron chi connectivity index (χ3n) is 4.61. The van der Waals surface area contributed by atoms with Crippen LogP contribution in [0.4, 0.5) is 9.39 Å². The van der Waals surface area contributed by atoms with Gasteiger partial charge in [-0.15, -0.1) is 11.3 Å². The summed E-state index contributed by atoms with van der Waals surface area (Å²) in [6.07, 6.45) is 1.61. The molecular formula is C25H19FN2O4S. The Hall–Kier alpha value is -4.04. The van der Waals surface area contributed by atoms with Crippen LogP contribution in [-0.4, -0.2) is 23.5 Å². The number of thiophene rings is 1. The summed E-state index contributed by atoms with van der Waals surface area (Å²) in [5, 5.41) is 4.87. The first-order valence-corrected chi connectivity index (χ1v) is 11.0. The Labute approximate surface area is 193 Å². The molecule has 0 aliphatic rings. The van der Waals surface area contributed by atoms with E-state index in [9.17, 15) is 14.0 Å². The zero-order valence-corrected chi connectivity index (χ0v) is 18.4. The summed E-state index contributed by atoms with van der Waals surface area (Å²) in [5.74, 6) is -0.514. The van der Waals surface area contributed by atoms with Crippen molar-refractivity contribution in [3.63, 3.8) is 0 Å². The Balaban J connectivity index is 1.61. The SMILES string of the molecule is CCOC(=O)c1c(-c2ccc(F)cc2)csc1NC(=O)c1cccc(Oc2ccccn2)c1. The van der Waals surface area contributed by atoms with Gasteiger partial charge in [0.05, 0.1) is 6.61 Å². The van der Waals surface area contributed by atoms with E-state index in [0.717, 1.165) is 0 Å². The van der Waals surface area contributed by atoms with E-state index in [1.807, 2.05) is 0 Å². The van der Waals surface area contributed by atoms with E-state index >= 15 is 0 Å². The van der Waals surface area contributed by atoms with Crippen LogP contribution in [0.3, 0.4) is 0 Å². The van der Waals surface area contributed by atoms with Gasteiger partial charge >= 0.3 is 5.97 Å². The van der Waals surface area contributed by atoms with Crippen molar-refractivity contribution >= 4 is 28.2 Å². The van der Waals surface area contributed by atoms with Crippen molar-refractivity contribution in [2.75, 3.05) is 11.9 Å². The second-order valence-electron chi connectivity index (χ2n) is 6.83. The molecule has 4 aromatic rings. The van der Waals surface area contributed by atoms with Crippen LogP contribution in [0.25, 0.3) is 11.1 Å². The van der Waals surface area contributed by atoms with E-state index in [-0.39, 0.29) is 18.0 Å². The summed E-state index contributed by atoms with van der Waals surface area (Å²) in [4.78, 5) is 29.8. The lowest BCUT2D eigenvalue weighted by Gasteiger charge is -2.10. The number of pyridine rings is 1. The maximum absolute atomic E-state index is 13.4. The van der Waals surface area contributed by atoms with Crippen LogP contribution >= 0.6 is 11.3 Å². The molecule has 0 atom stereocenters. The second kappa shape index (κ2) is 10.1. The molecule has 0 bridgehead atoms. The number of anilines is 1. The lowest BCUT2D eigenvalue weighted by atomic mass is 10.0. The van der Waals surface area contributed by atoms with Crippen molar-refractivity contribution in [1.29, 1.82) is 0 Å². The summed E-state index contributed by atoms with van der Waals surface area (Å²) >= 11 is 1.19. The lowest BCUT2D eigenvalue weighted by molar-refractivity contribution is 0.0529. The second-order valence-corrected chi connectivity index (χ2v) is 7.71. The van der Waals surface area contributed by atoms with Crippen LogP contribution in [0.15, 0.2) is 78.3 Å². The maximum atomic E-state index is 13.4. The number of hydrogen-bond donors (Lipinski definition) is 1. The minimum Gasteiger partial charge on any atom is -0.462 e. The number of aromatic nitrogens is 1. The van der Waals surface area contributed by atoms with E-state index < -0.39 is 11.9 Å². The normalized spacial score (nSPS) is 10.5. The fourth-order valence-electron chi connectivity index (χ4n) is 3.10. The molecule has 1 amide bonds. The summed E-state index contributed by atoms with van der Waals surface area (Å²) in [6, 6.07) is 17.7. The molecule has 0 radical (unpaired) electrons. The van der Waals surface area contributed by atoms with E-state index in [0.29, 0.717) is 33.3 Å². The van der Waals surface area contributed by atoms with Gasteiger partial charge in [0, 0.05) is 28.8 Å². The molecule has 1 N–H and O–H groups in total. The summed E-state index contributed by atoms with van der Waals surface area (Å²) < 4.78 is 24.2. The molecule has 166 valence electrons. The number of carbonyl (C=O) groups is 2. The number of amides is 1. The average Bonchev–Trinajstić information content (AvgIpc) is 3.24. The number of benzene rings is 2. The molecule has 0 saturated heterocycles. The number of esters is 1. The van der Waals surface area contributed by atoms with Gasteiger partial charge in [0.1, 0.15) is 22.1 Å². The van der Waals surface area contributed by atoms with Crippen molar-refractivity contribution in [2.24, 2.45) is 0 Å². The molecule has 4 rings (SSSR count). The van der Waals surface area contributed by atoms with Crippen molar-refractivity contribution in [1.82, 2.24) is 4.98 Å². The minimum atomic E-state index is -0.569. The third kappa shape index (κ3) is 5.24. The molecular weight excluding hydrogens is 443 g/mol. The highest BCUT2D eigenvalue weighted by molar-refractivity contribution is 7.15. The van der Waals surface area contributed by atoms with Crippen LogP contribution in [0.1, 0.15) is 27.6 Å². The van der Waals surface area contributed by atoms with Gasteiger partial charge in [-0.1, -0.05) is 24.3 Å². The molecule has 2 aromatic heterocycles. The van der Waals surface area contributed by atoms with Gasteiger partial charge in [-0.3, -0.25) is 4.79 Å². The fraction of sp³-hybridized carbons (Fsp3) is 0.0800. The van der Waals surface area contributed by atoms with Crippen LogP contribution in [0, 0.1) is 5.82 Å². The van der Waals surface area contributed by atoms with Gasteiger partial charge in [-0.05, 0) is 48.9 Å². The van der Waals surface area contributed by atoms with Gasteiger partial charge in [0.2, 0.25) is 5.88 Å². The first kappa shape index (κ1) is 22.2. The maximum Gasteiger partial charge on any atom is 0.341 e. The van der Waals surface area contributed by atoms with Crippen LogP contribution in [0.2, 0.25) is 0 Å². The number of nitrogens with one attached hydrogen (secondary N) is 1. The largest absolute Gasteiger partial charge is 0.462 e. The van der Waals surface area contributed by atoms with Gasteiger partial charge in [-0.2, -0.15) is 0 Å². The number of nitrogens with zero attached hydrogens (tertiary/aromatic N) is 1. The Morgan fingerprint density at radius 2 is 1.88 bits per heavy atom. The van der Waals surface area contributed by atoms with Gasteiger partial charge in [-0.25, -0.2) is 14.2 Å². The Morgan fingerprint density at radius 1 is 1.06 bits per heavy atom. The van der Waals surface area contributed by atoms with Crippen LogP contribution < -0.4 is 10.1 Å². The first-order valence-electron chi connectivity index (χ1n) is 10.1. The standard InChI is InChI=1S/C25H19FN2O4S/c1-2-31-25(30)22-20(16-9-11-18(26)12-10-16)15-33-24(22)28-23(29)17-6-5-7-19(14-17)32-21-8-3-4-13-27-21/h3-15H,2H2,1H3,(H,28,29). The predicted octanol–water partition coefficient (Wildman–Crippen LogP) is 6.17. The number of rotatable bonds is 7. The van der Waals surface area contributed by atoms with Crippen molar-refractivity contribution < 1.29 is 23.5 Å². The molecule has 0 saturated carbocycles. The topological polar surface area (TPSA) is 77.5 Å². The summed E-state index contributed by atoms with van der Waals surface area (Å²) in [6.45, 7) is 1.88. The predicted molar refractivity (Wildman–Crippen MR) is 124 cm³/mol. The highest BCUT2D eigenvalue weighted by Crippen LogP contribution is 2.36. The quantitative estimate of drug-likeness (QED) is 0.332. The van der Waals surface area contributed by atoms with Gasteiger partial charge in [0.25, 0.3) is 5.91 Å². The van der Waals surface area contributed by atoms with Gasteiger partial charge < -0.3 is 14.8 Å². The molecule has 0 aliphatic heterocycles. The van der Waals surface area contributed by atoms with Crippen molar-refractivity contribution in [3.8, 4) is 22.8 Å². The first-order chi connectivity index (χ1) is 16.0.